The summed E-state index contributed by atoms with van der Waals surface area (Å²) in [6, 6.07) is -0.00766. The van der Waals surface area contributed by atoms with Gasteiger partial charge in [0.15, 0.2) is 0 Å². The Labute approximate surface area is 138 Å². The highest BCUT2D eigenvalue weighted by atomic mass is 16.2. The summed E-state index contributed by atoms with van der Waals surface area (Å²) in [4.78, 5) is 16.4. The van der Waals surface area contributed by atoms with Crippen LogP contribution in [0, 0.1) is 17.8 Å². The van der Waals surface area contributed by atoms with Gasteiger partial charge in [-0.1, -0.05) is 19.8 Å². The lowest BCUT2D eigenvalue weighted by atomic mass is 9.88. The summed E-state index contributed by atoms with van der Waals surface area (Å²) in [7, 11) is 1.99. The molecule has 0 unspecified atom stereocenters. The molecule has 1 aromatic heterocycles. The molecule has 6 heteroatoms. The fourth-order valence-corrected chi connectivity index (χ4v) is 2.97. The first-order valence-corrected chi connectivity index (χ1v) is 8.07. The molecule has 6 nitrogen and oxygen atoms in total. The van der Waals surface area contributed by atoms with Crippen LogP contribution in [-0.2, 0) is 13.0 Å². The molecule has 2 N–H and O–H groups in total. The van der Waals surface area contributed by atoms with E-state index in [9.17, 15) is 4.79 Å². The van der Waals surface area contributed by atoms with Gasteiger partial charge in [0, 0.05) is 30.9 Å². The number of hydrogen-bond donors (Lipinski definition) is 2. The van der Waals surface area contributed by atoms with Gasteiger partial charge < -0.3 is 10.2 Å². The fraction of sp³-hybridized carbons (Fsp3) is 0.647. The zero-order valence-corrected chi connectivity index (χ0v) is 14.4. The molecule has 0 saturated carbocycles. The van der Waals surface area contributed by atoms with Gasteiger partial charge in [-0.2, -0.15) is 5.10 Å². The molecule has 1 aromatic rings. The lowest BCUT2D eigenvalue weighted by Crippen LogP contribution is -2.44. The minimum Gasteiger partial charge on any atom is -0.338 e. The van der Waals surface area contributed by atoms with Crippen molar-refractivity contribution >= 4 is 6.03 Å². The van der Waals surface area contributed by atoms with Crippen LogP contribution in [0.25, 0.3) is 0 Å². The van der Waals surface area contributed by atoms with Gasteiger partial charge in [-0.25, -0.2) is 4.79 Å². The van der Waals surface area contributed by atoms with Gasteiger partial charge >= 0.3 is 6.03 Å². The van der Waals surface area contributed by atoms with Gasteiger partial charge in [0.25, 0.3) is 0 Å². The number of carbonyl (C=O) groups excluding carboxylic acids is 1. The smallest absolute Gasteiger partial charge is 0.317 e. The average molecular weight is 317 g/mol. The molecule has 0 spiro atoms. The van der Waals surface area contributed by atoms with E-state index in [0.717, 1.165) is 37.2 Å². The summed E-state index contributed by atoms with van der Waals surface area (Å²) in [5.41, 5.74) is 2.28. The zero-order chi connectivity index (χ0) is 16.9. The maximum absolute atomic E-state index is 12.5. The van der Waals surface area contributed by atoms with E-state index in [1.807, 2.05) is 18.1 Å². The quantitative estimate of drug-likeness (QED) is 0.638. The number of fused-ring (bicyclic) bond motifs is 1. The second-order valence-electron chi connectivity index (χ2n) is 7.10. The first kappa shape index (κ1) is 17.4. The second-order valence-corrected chi connectivity index (χ2v) is 7.10. The van der Waals surface area contributed by atoms with E-state index in [1.165, 1.54) is 0 Å². The first-order valence-electron chi connectivity index (χ1n) is 8.07. The number of rotatable bonds is 5. The summed E-state index contributed by atoms with van der Waals surface area (Å²) < 4.78 is 0. The van der Waals surface area contributed by atoms with E-state index in [4.69, 9.17) is 6.42 Å². The number of terminal acetylenes is 1. The van der Waals surface area contributed by atoms with Crippen molar-refractivity contribution in [1.29, 1.82) is 0 Å². The van der Waals surface area contributed by atoms with Crippen molar-refractivity contribution in [2.24, 2.45) is 5.41 Å². The van der Waals surface area contributed by atoms with Crippen LogP contribution < -0.4 is 5.32 Å². The minimum atomic E-state index is -0.00766. The van der Waals surface area contributed by atoms with E-state index in [1.54, 1.807) is 0 Å². The molecule has 2 amide bonds. The molecule has 0 atom stereocenters. The standard InChI is InChI=1S/C17H27N5O/c1-5-8-21(4)9-6-7-18-16(23)22-12-14-11-19-20-15(14)10-17(2,3)13-22/h1,11H,6-10,12-13H2,2-4H3,(H,18,23)(H,19,20). The SMILES string of the molecule is C#CCN(C)CCCNC(=O)N1Cc2cn[nH]c2CC(C)(C)C1. The van der Waals surface area contributed by atoms with Crippen molar-refractivity contribution < 1.29 is 4.79 Å². The molecule has 0 fully saturated rings. The summed E-state index contributed by atoms with van der Waals surface area (Å²) in [6.07, 6.45) is 8.89. The number of aromatic amines is 1. The summed E-state index contributed by atoms with van der Waals surface area (Å²) in [5, 5.41) is 10.2. The van der Waals surface area contributed by atoms with Gasteiger partial charge in [0.05, 0.1) is 19.3 Å². The van der Waals surface area contributed by atoms with Crippen LogP contribution in [0.4, 0.5) is 4.79 Å². The van der Waals surface area contributed by atoms with Gasteiger partial charge in [-0.15, -0.1) is 6.42 Å². The van der Waals surface area contributed by atoms with E-state index in [-0.39, 0.29) is 11.4 Å². The Bertz CT molecular complexity index is 572. The molecule has 1 aliphatic rings. The van der Waals surface area contributed by atoms with E-state index in [2.05, 4.69) is 40.2 Å². The molecule has 0 aromatic carbocycles. The Morgan fingerprint density at radius 1 is 1.61 bits per heavy atom. The maximum Gasteiger partial charge on any atom is 0.317 e. The Morgan fingerprint density at radius 2 is 2.39 bits per heavy atom. The molecule has 0 saturated heterocycles. The van der Waals surface area contributed by atoms with Gasteiger partial charge in [-0.05, 0) is 25.3 Å². The van der Waals surface area contributed by atoms with Crippen molar-refractivity contribution in [3.05, 3.63) is 17.5 Å². The minimum absolute atomic E-state index is 0.00766. The zero-order valence-electron chi connectivity index (χ0n) is 14.4. The van der Waals surface area contributed by atoms with Crippen LogP contribution in [0.5, 0.6) is 0 Å². The van der Waals surface area contributed by atoms with Crippen molar-refractivity contribution in [3.8, 4) is 12.3 Å². The lowest BCUT2D eigenvalue weighted by molar-refractivity contribution is 0.168. The van der Waals surface area contributed by atoms with Crippen LogP contribution >= 0.6 is 0 Å². The Morgan fingerprint density at radius 3 is 3.13 bits per heavy atom. The highest BCUT2D eigenvalue weighted by molar-refractivity contribution is 5.74. The highest BCUT2D eigenvalue weighted by Crippen LogP contribution is 2.28. The Balaban J connectivity index is 1.86. The summed E-state index contributed by atoms with van der Waals surface area (Å²) in [5.74, 6) is 2.61. The Kier molecular flexibility index (Phi) is 5.67. The van der Waals surface area contributed by atoms with E-state index < -0.39 is 0 Å². The van der Waals surface area contributed by atoms with Crippen LogP contribution in [0.1, 0.15) is 31.5 Å². The normalized spacial score (nSPS) is 16.6. The number of hydrogen-bond acceptors (Lipinski definition) is 3. The number of carbonyl (C=O) groups is 1. The van der Waals surface area contributed by atoms with Gasteiger partial charge in [0.2, 0.25) is 0 Å². The molecule has 0 radical (unpaired) electrons. The molecule has 126 valence electrons. The molecular formula is C17H27N5O. The third kappa shape index (κ3) is 5.00. The van der Waals surface area contributed by atoms with Crippen LogP contribution in [0.15, 0.2) is 6.20 Å². The van der Waals surface area contributed by atoms with Gasteiger partial charge in [-0.3, -0.25) is 10.00 Å². The Hall–Kier alpha value is -2.00. The maximum atomic E-state index is 12.5. The molecule has 0 bridgehead atoms. The second kappa shape index (κ2) is 7.51. The van der Waals surface area contributed by atoms with E-state index >= 15 is 0 Å². The van der Waals surface area contributed by atoms with Crippen LogP contribution in [0.3, 0.4) is 0 Å². The van der Waals surface area contributed by atoms with Crippen molar-refractivity contribution in [2.75, 3.05) is 33.2 Å². The fourth-order valence-electron chi connectivity index (χ4n) is 2.97. The molecule has 23 heavy (non-hydrogen) atoms. The van der Waals surface area contributed by atoms with E-state index in [0.29, 0.717) is 19.6 Å². The van der Waals surface area contributed by atoms with Crippen LogP contribution in [-0.4, -0.2) is 59.3 Å². The monoisotopic (exact) mass is 317 g/mol. The average Bonchev–Trinajstić information content (AvgIpc) is 2.83. The predicted octanol–water partition coefficient (Wildman–Crippen LogP) is 1.46. The third-order valence-corrected chi connectivity index (χ3v) is 4.08. The third-order valence-electron chi connectivity index (χ3n) is 4.08. The largest absolute Gasteiger partial charge is 0.338 e. The van der Waals surface area contributed by atoms with Crippen molar-refractivity contribution in [2.45, 2.75) is 33.2 Å². The number of amides is 2. The molecular weight excluding hydrogens is 290 g/mol. The number of urea groups is 1. The number of aromatic nitrogens is 2. The number of nitrogens with one attached hydrogen (secondary N) is 2. The lowest BCUT2D eigenvalue weighted by Gasteiger charge is -2.29. The summed E-state index contributed by atoms with van der Waals surface area (Å²) in [6.45, 7) is 7.87. The highest BCUT2D eigenvalue weighted by Gasteiger charge is 2.31. The molecule has 2 rings (SSSR count). The molecule has 2 heterocycles. The molecule has 0 aliphatic carbocycles. The van der Waals surface area contributed by atoms with Crippen molar-refractivity contribution in [1.82, 2.24) is 25.3 Å². The first-order chi connectivity index (χ1) is 10.9. The van der Waals surface area contributed by atoms with Gasteiger partial charge in [0.1, 0.15) is 0 Å². The topological polar surface area (TPSA) is 64.3 Å². The van der Waals surface area contributed by atoms with Crippen LogP contribution in [0.2, 0.25) is 0 Å². The molecule has 1 aliphatic heterocycles. The predicted molar refractivity (Wildman–Crippen MR) is 90.8 cm³/mol. The number of H-pyrrole nitrogens is 1. The van der Waals surface area contributed by atoms with Crippen molar-refractivity contribution in [3.63, 3.8) is 0 Å². The summed E-state index contributed by atoms with van der Waals surface area (Å²) >= 11 is 0. The number of nitrogens with zero attached hydrogens (tertiary/aromatic N) is 3.